The van der Waals surface area contributed by atoms with E-state index in [2.05, 4.69) is 64.6 Å². The molecular weight excluding hydrogens is 278 g/mol. The van der Waals surface area contributed by atoms with Crippen LogP contribution in [-0.4, -0.2) is 14.4 Å². The zero-order chi connectivity index (χ0) is 16.2. The number of azide groups is 1. The minimum absolute atomic E-state index is 0.0584. The predicted molar refractivity (Wildman–Crippen MR) is 91.5 cm³/mol. The quantitative estimate of drug-likeness (QED) is 0.250. The molecule has 0 bridgehead atoms. The number of nitrogens with zero attached hydrogens (tertiary/aromatic N) is 3. The number of allylic oxidation sites excluding steroid dienone is 1. The van der Waals surface area contributed by atoms with Crippen LogP contribution in [0, 0.1) is 5.92 Å². The maximum absolute atomic E-state index is 8.72. The van der Waals surface area contributed by atoms with Gasteiger partial charge in [0.1, 0.15) is 0 Å². The Bertz CT molecular complexity index is 403. The number of rotatable bonds is 6. The van der Waals surface area contributed by atoms with E-state index in [1.54, 1.807) is 0 Å². The highest BCUT2D eigenvalue weighted by Gasteiger charge is 2.47. The second kappa shape index (κ2) is 7.37. The zero-order valence-corrected chi connectivity index (χ0v) is 15.6. The Balaban J connectivity index is 3.09. The highest BCUT2D eigenvalue weighted by atomic mass is 28.4. The third-order valence-electron chi connectivity index (χ3n) is 4.99. The summed E-state index contributed by atoms with van der Waals surface area (Å²) in [4.78, 5) is 2.98. The van der Waals surface area contributed by atoms with Gasteiger partial charge in [-0.15, -0.1) is 0 Å². The summed E-state index contributed by atoms with van der Waals surface area (Å²) in [6, 6.07) is -0.0584. The van der Waals surface area contributed by atoms with Gasteiger partial charge < -0.3 is 4.43 Å². The van der Waals surface area contributed by atoms with Gasteiger partial charge in [0.25, 0.3) is 8.32 Å². The van der Waals surface area contributed by atoms with Crippen LogP contribution in [-0.2, 0) is 4.43 Å². The second-order valence-electron chi connectivity index (χ2n) is 7.26. The van der Waals surface area contributed by atoms with Crippen LogP contribution in [0.3, 0.4) is 0 Å². The molecule has 2 atom stereocenters. The van der Waals surface area contributed by atoms with Crippen LogP contribution in [0.5, 0.6) is 0 Å². The van der Waals surface area contributed by atoms with E-state index in [4.69, 9.17) is 9.96 Å². The van der Waals surface area contributed by atoms with Crippen molar-refractivity contribution in [1.29, 1.82) is 0 Å². The van der Waals surface area contributed by atoms with E-state index in [9.17, 15) is 0 Å². The molecule has 1 aliphatic rings. The van der Waals surface area contributed by atoms with Crippen molar-refractivity contribution >= 4 is 8.32 Å². The molecule has 0 aromatic rings. The van der Waals surface area contributed by atoms with E-state index in [0.717, 1.165) is 18.6 Å². The summed E-state index contributed by atoms with van der Waals surface area (Å²) < 4.78 is 6.70. The lowest BCUT2D eigenvalue weighted by atomic mass is 9.91. The molecule has 0 fully saturated rings. The largest absolute Gasteiger partial charge is 0.546 e. The molecule has 0 amide bonds. The van der Waals surface area contributed by atoms with Crippen molar-refractivity contribution in [2.24, 2.45) is 11.0 Å². The second-order valence-corrected chi connectivity index (χ2v) is 12.6. The van der Waals surface area contributed by atoms with Crippen molar-refractivity contribution in [2.45, 2.75) is 84.0 Å². The van der Waals surface area contributed by atoms with E-state index in [1.807, 2.05) is 0 Å². The van der Waals surface area contributed by atoms with Crippen LogP contribution in [0.4, 0.5) is 0 Å². The molecule has 0 spiro atoms. The molecule has 0 saturated carbocycles. The molecule has 0 radical (unpaired) electrons. The summed E-state index contributed by atoms with van der Waals surface area (Å²) in [5.41, 5.74) is 10.4. The average molecular weight is 310 g/mol. The maximum Gasteiger partial charge on any atom is 0.258 e. The summed E-state index contributed by atoms with van der Waals surface area (Å²) in [5, 5.41) is 3.92. The van der Waals surface area contributed by atoms with Gasteiger partial charge >= 0.3 is 0 Å². The van der Waals surface area contributed by atoms with E-state index in [-0.39, 0.29) is 6.04 Å². The predicted octanol–water partition coefficient (Wildman–Crippen LogP) is 6.17. The molecule has 0 heterocycles. The van der Waals surface area contributed by atoms with E-state index < -0.39 is 8.32 Å². The Labute approximate surface area is 130 Å². The lowest BCUT2D eigenvalue weighted by molar-refractivity contribution is 0.313. The lowest BCUT2D eigenvalue weighted by Gasteiger charge is -2.44. The first-order chi connectivity index (χ1) is 9.75. The summed E-state index contributed by atoms with van der Waals surface area (Å²) in [6.45, 7) is 15.9. The van der Waals surface area contributed by atoms with Gasteiger partial charge in [0, 0.05) is 11.3 Å². The fourth-order valence-electron chi connectivity index (χ4n) is 3.85. The third-order valence-corrected chi connectivity index (χ3v) is 11.0. The maximum atomic E-state index is 8.72. The van der Waals surface area contributed by atoms with Crippen molar-refractivity contribution < 1.29 is 4.43 Å². The molecule has 21 heavy (non-hydrogen) atoms. The Morgan fingerprint density at radius 1 is 1.19 bits per heavy atom. The first-order valence-corrected chi connectivity index (χ1v) is 10.3. The molecule has 120 valence electrons. The standard InChI is InChI=1S/C16H31N3OSi/c1-11(2)21(12(3)4,13(5)6)20-15-9-8-14(7)16(10-15)18-19-17/h10-14,16H,8-9H2,1-7H3/t14-,16+/m0/s1. The van der Waals surface area contributed by atoms with Crippen LogP contribution in [0.15, 0.2) is 16.9 Å². The summed E-state index contributed by atoms with van der Waals surface area (Å²) in [5.74, 6) is 1.47. The fraction of sp³-hybridized carbons (Fsp3) is 0.875. The van der Waals surface area contributed by atoms with Gasteiger partial charge in [-0.25, -0.2) is 0 Å². The van der Waals surface area contributed by atoms with Gasteiger partial charge in [-0.3, -0.25) is 0 Å². The van der Waals surface area contributed by atoms with Crippen LogP contribution in [0.2, 0.25) is 16.6 Å². The van der Waals surface area contributed by atoms with E-state index >= 15 is 0 Å². The Morgan fingerprint density at radius 3 is 2.14 bits per heavy atom. The number of hydrogen-bond acceptors (Lipinski definition) is 2. The first kappa shape index (κ1) is 18.1. The minimum Gasteiger partial charge on any atom is -0.546 e. The molecule has 0 N–H and O–H groups in total. The molecule has 0 aliphatic heterocycles. The highest BCUT2D eigenvalue weighted by molar-refractivity contribution is 6.77. The molecule has 1 rings (SSSR count). The monoisotopic (exact) mass is 309 g/mol. The first-order valence-electron chi connectivity index (χ1n) is 8.19. The van der Waals surface area contributed by atoms with Crippen molar-refractivity contribution in [3.05, 3.63) is 22.3 Å². The van der Waals surface area contributed by atoms with Gasteiger partial charge in [-0.1, -0.05) is 53.6 Å². The highest BCUT2D eigenvalue weighted by Crippen LogP contribution is 2.44. The van der Waals surface area contributed by atoms with Gasteiger partial charge in [0.15, 0.2) is 0 Å². The van der Waals surface area contributed by atoms with Crippen LogP contribution in [0.1, 0.15) is 61.3 Å². The van der Waals surface area contributed by atoms with Crippen molar-refractivity contribution in [3.8, 4) is 0 Å². The summed E-state index contributed by atoms with van der Waals surface area (Å²) in [7, 11) is -1.89. The fourth-order valence-corrected chi connectivity index (χ4v) is 9.18. The topological polar surface area (TPSA) is 58.0 Å². The Morgan fingerprint density at radius 2 is 1.71 bits per heavy atom. The van der Waals surface area contributed by atoms with Crippen molar-refractivity contribution in [2.75, 3.05) is 0 Å². The average Bonchev–Trinajstić information content (AvgIpc) is 2.38. The SMILES string of the molecule is CC(C)[Si](OC1=C[C@@H](N=[N+]=[N-])[C@@H](C)CC1)(C(C)C)C(C)C. The summed E-state index contributed by atoms with van der Waals surface area (Å²) in [6.07, 6.45) is 4.08. The van der Waals surface area contributed by atoms with Gasteiger partial charge in [0.2, 0.25) is 0 Å². The lowest BCUT2D eigenvalue weighted by Crippen LogP contribution is -2.47. The smallest absolute Gasteiger partial charge is 0.258 e. The van der Waals surface area contributed by atoms with Crippen molar-refractivity contribution in [1.82, 2.24) is 0 Å². The molecule has 0 saturated heterocycles. The normalized spacial score (nSPS) is 23.2. The summed E-state index contributed by atoms with van der Waals surface area (Å²) >= 11 is 0. The molecule has 1 aliphatic carbocycles. The van der Waals surface area contributed by atoms with Crippen molar-refractivity contribution in [3.63, 3.8) is 0 Å². The van der Waals surface area contributed by atoms with E-state index in [0.29, 0.717) is 22.5 Å². The Hall–Kier alpha value is -0.933. The van der Waals surface area contributed by atoms with Gasteiger partial charge in [0.05, 0.1) is 11.8 Å². The van der Waals surface area contributed by atoms with Gasteiger partial charge in [-0.2, -0.15) is 0 Å². The van der Waals surface area contributed by atoms with Crippen LogP contribution in [0.25, 0.3) is 10.4 Å². The molecule has 0 unspecified atom stereocenters. The molecule has 5 heteroatoms. The third kappa shape index (κ3) is 3.83. The molecule has 0 aromatic carbocycles. The van der Waals surface area contributed by atoms with E-state index in [1.165, 1.54) is 0 Å². The minimum atomic E-state index is -1.89. The molecule has 4 nitrogen and oxygen atoms in total. The van der Waals surface area contributed by atoms with Crippen LogP contribution < -0.4 is 0 Å². The van der Waals surface area contributed by atoms with Crippen LogP contribution >= 0.6 is 0 Å². The Kier molecular flexibility index (Phi) is 6.35. The zero-order valence-electron chi connectivity index (χ0n) is 14.6. The van der Waals surface area contributed by atoms with Gasteiger partial charge in [-0.05, 0) is 40.6 Å². The molecule has 0 aromatic heterocycles. The number of hydrogen-bond donors (Lipinski definition) is 0. The molecular formula is C16H31N3OSi.